The third kappa shape index (κ3) is 5.68. The molecule has 0 aliphatic heterocycles. The Bertz CT molecular complexity index is 343. The number of aliphatic hydroxyl groups excluding tert-OH is 1. The van der Waals surface area contributed by atoms with E-state index in [4.69, 9.17) is 4.74 Å². The summed E-state index contributed by atoms with van der Waals surface area (Å²) in [6.07, 6.45) is 4.32. The van der Waals surface area contributed by atoms with Crippen LogP contribution in [-0.4, -0.2) is 47.4 Å². The van der Waals surface area contributed by atoms with Gasteiger partial charge in [-0.1, -0.05) is 6.92 Å². The van der Waals surface area contributed by atoms with Crippen molar-refractivity contribution in [2.75, 3.05) is 20.2 Å². The molecule has 1 aromatic heterocycles. The number of aromatic nitrogens is 1. The second-order valence-corrected chi connectivity index (χ2v) is 5.18. The zero-order valence-electron chi connectivity index (χ0n) is 12.4. The molecule has 1 rings (SSSR count). The van der Waals surface area contributed by atoms with E-state index in [1.807, 2.05) is 45.4 Å². The maximum absolute atomic E-state index is 9.98. The summed E-state index contributed by atoms with van der Waals surface area (Å²) >= 11 is 0. The lowest BCUT2D eigenvalue weighted by Crippen LogP contribution is -2.35. The summed E-state index contributed by atoms with van der Waals surface area (Å²) in [7, 11) is 2.03. The number of rotatable bonds is 8. The first-order chi connectivity index (χ1) is 9.04. The molecular weight excluding hydrogens is 240 g/mol. The molecule has 1 heterocycles. The standard InChI is InChI=1S/C15H26N2O2/c1-5-15(13-6-8-16-9-7-13)17(4)10-14(18)11-19-12(2)3/h6-9,12,14-15,18H,5,10-11H2,1-4H3. The maximum atomic E-state index is 9.98. The molecule has 4 heteroatoms. The molecule has 4 nitrogen and oxygen atoms in total. The van der Waals surface area contributed by atoms with Crippen molar-refractivity contribution in [2.45, 2.75) is 45.4 Å². The van der Waals surface area contributed by atoms with E-state index in [0.29, 0.717) is 19.2 Å². The molecule has 2 unspecified atom stereocenters. The summed E-state index contributed by atoms with van der Waals surface area (Å²) in [6, 6.07) is 4.36. The molecule has 0 aromatic carbocycles. The summed E-state index contributed by atoms with van der Waals surface area (Å²) in [4.78, 5) is 6.21. The van der Waals surface area contributed by atoms with Crippen molar-refractivity contribution in [3.8, 4) is 0 Å². The van der Waals surface area contributed by atoms with E-state index in [2.05, 4.69) is 16.8 Å². The van der Waals surface area contributed by atoms with E-state index >= 15 is 0 Å². The van der Waals surface area contributed by atoms with Crippen LogP contribution in [0.3, 0.4) is 0 Å². The van der Waals surface area contributed by atoms with E-state index in [0.717, 1.165) is 6.42 Å². The Balaban J connectivity index is 2.52. The predicted molar refractivity (Wildman–Crippen MR) is 77.0 cm³/mol. The molecule has 1 N–H and O–H groups in total. The van der Waals surface area contributed by atoms with E-state index < -0.39 is 6.10 Å². The zero-order chi connectivity index (χ0) is 14.3. The molecule has 0 saturated heterocycles. The fraction of sp³-hybridized carbons (Fsp3) is 0.667. The second-order valence-electron chi connectivity index (χ2n) is 5.18. The smallest absolute Gasteiger partial charge is 0.0900 e. The summed E-state index contributed by atoms with van der Waals surface area (Å²) < 4.78 is 5.44. The molecule has 0 aliphatic rings. The molecule has 1 aromatic rings. The van der Waals surface area contributed by atoms with Crippen molar-refractivity contribution in [1.82, 2.24) is 9.88 Å². The van der Waals surface area contributed by atoms with Crippen molar-refractivity contribution in [3.05, 3.63) is 30.1 Å². The number of aliphatic hydroxyl groups is 1. The number of pyridine rings is 1. The van der Waals surface area contributed by atoms with Crippen LogP contribution in [0.1, 0.15) is 38.8 Å². The molecule has 0 aliphatic carbocycles. The predicted octanol–water partition coefficient (Wildman–Crippen LogP) is 2.25. The van der Waals surface area contributed by atoms with Gasteiger partial charge in [0.05, 0.1) is 18.8 Å². The first-order valence-electron chi connectivity index (χ1n) is 6.94. The summed E-state index contributed by atoms with van der Waals surface area (Å²) in [5, 5.41) is 9.98. The topological polar surface area (TPSA) is 45.6 Å². The van der Waals surface area contributed by atoms with Gasteiger partial charge in [-0.15, -0.1) is 0 Å². The van der Waals surface area contributed by atoms with E-state index in [1.54, 1.807) is 0 Å². The summed E-state index contributed by atoms with van der Waals surface area (Å²) in [5.74, 6) is 0. The first kappa shape index (κ1) is 16.1. The zero-order valence-corrected chi connectivity index (χ0v) is 12.4. The van der Waals surface area contributed by atoms with Gasteiger partial charge in [0.1, 0.15) is 0 Å². The summed E-state index contributed by atoms with van der Waals surface area (Å²) in [6.45, 7) is 7.09. The third-order valence-electron chi connectivity index (χ3n) is 3.13. The molecule has 0 saturated carbocycles. The minimum Gasteiger partial charge on any atom is -0.389 e. The van der Waals surface area contributed by atoms with Crippen molar-refractivity contribution in [2.24, 2.45) is 0 Å². The van der Waals surface area contributed by atoms with Gasteiger partial charge in [0.25, 0.3) is 0 Å². The van der Waals surface area contributed by atoms with Crippen LogP contribution >= 0.6 is 0 Å². The van der Waals surface area contributed by atoms with Crippen LogP contribution in [0.2, 0.25) is 0 Å². The number of nitrogens with zero attached hydrogens (tertiary/aromatic N) is 2. The van der Waals surface area contributed by atoms with Crippen molar-refractivity contribution < 1.29 is 9.84 Å². The monoisotopic (exact) mass is 266 g/mol. The fourth-order valence-corrected chi connectivity index (χ4v) is 2.20. The average Bonchev–Trinajstić information content (AvgIpc) is 2.38. The van der Waals surface area contributed by atoms with Gasteiger partial charge in [-0.05, 0) is 45.0 Å². The van der Waals surface area contributed by atoms with E-state index in [9.17, 15) is 5.11 Å². The number of hydrogen-bond acceptors (Lipinski definition) is 4. The Labute approximate surface area is 116 Å². The van der Waals surface area contributed by atoms with Crippen molar-refractivity contribution in [3.63, 3.8) is 0 Å². The van der Waals surface area contributed by atoms with Crippen LogP contribution in [0, 0.1) is 0 Å². The normalized spacial score (nSPS) is 14.9. The summed E-state index contributed by atoms with van der Waals surface area (Å²) in [5.41, 5.74) is 1.23. The van der Waals surface area contributed by atoms with Gasteiger partial charge in [0, 0.05) is 25.0 Å². The van der Waals surface area contributed by atoms with Gasteiger partial charge in [-0.3, -0.25) is 9.88 Å². The lowest BCUT2D eigenvalue weighted by molar-refractivity contribution is -0.0106. The average molecular weight is 266 g/mol. The van der Waals surface area contributed by atoms with Gasteiger partial charge in [0.15, 0.2) is 0 Å². The molecule has 108 valence electrons. The van der Waals surface area contributed by atoms with Gasteiger partial charge >= 0.3 is 0 Å². The Morgan fingerprint density at radius 2 is 1.95 bits per heavy atom. The Hall–Kier alpha value is -0.970. The van der Waals surface area contributed by atoms with Crippen molar-refractivity contribution >= 4 is 0 Å². The SMILES string of the molecule is CCC(c1ccncc1)N(C)CC(O)COC(C)C. The van der Waals surface area contributed by atoms with Crippen LogP contribution < -0.4 is 0 Å². The molecule has 0 radical (unpaired) electrons. The van der Waals surface area contributed by atoms with Crippen LogP contribution in [0.25, 0.3) is 0 Å². The lowest BCUT2D eigenvalue weighted by atomic mass is 10.0. The van der Waals surface area contributed by atoms with Gasteiger partial charge < -0.3 is 9.84 Å². The van der Waals surface area contributed by atoms with Crippen LogP contribution in [0.15, 0.2) is 24.5 Å². The minimum atomic E-state index is -0.455. The highest BCUT2D eigenvalue weighted by atomic mass is 16.5. The highest BCUT2D eigenvalue weighted by Gasteiger charge is 2.18. The Morgan fingerprint density at radius 3 is 2.47 bits per heavy atom. The van der Waals surface area contributed by atoms with Crippen LogP contribution in [0.5, 0.6) is 0 Å². The van der Waals surface area contributed by atoms with Gasteiger partial charge in [-0.25, -0.2) is 0 Å². The van der Waals surface area contributed by atoms with Crippen molar-refractivity contribution in [1.29, 1.82) is 0 Å². The highest BCUT2D eigenvalue weighted by molar-refractivity contribution is 5.14. The molecular formula is C15H26N2O2. The molecule has 2 atom stereocenters. The van der Waals surface area contributed by atoms with Crippen LogP contribution in [-0.2, 0) is 4.74 Å². The van der Waals surface area contributed by atoms with Gasteiger partial charge in [-0.2, -0.15) is 0 Å². The Morgan fingerprint density at radius 1 is 1.32 bits per heavy atom. The molecule has 19 heavy (non-hydrogen) atoms. The van der Waals surface area contributed by atoms with E-state index in [-0.39, 0.29) is 6.10 Å². The minimum absolute atomic E-state index is 0.155. The number of hydrogen-bond donors (Lipinski definition) is 1. The molecule has 0 fully saturated rings. The fourth-order valence-electron chi connectivity index (χ4n) is 2.20. The second kappa shape index (κ2) is 8.25. The molecule has 0 spiro atoms. The highest BCUT2D eigenvalue weighted by Crippen LogP contribution is 2.22. The molecule has 0 amide bonds. The molecule has 0 bridgehead atoms. The van der Waals surface area contributed by atoms with Gasteiger partial charge in [0.2, 0.25) is 0 Å². The first-order valence-corrected chi connectivity index (χ1v) is 6.94. The van der Waals surface area contributed by atoms with Crippen LogP contribution in [0.4, 0.5) is 0 Å². The number of likely N-dealkylation sites (N-methyl/N-ethyl adjacent to an activating group) is 1. The maximum Gasteiger partial charge on any atom is 0.0900 e. The third-order valence-corrected chi connectivity index (χ3v) is 3.13. The van der Waals surface area contributed by atoms with E-state index in [1.165, 1.54) is 5.56 Å². The number of ether oxygens (including phenoxy) is 1. The Kier molecular flexibility index (Phi) is 6.99. The lowest BCUT2D eigenvalue weighted by Gasteiger charge is -2.29. The quantitative estimate of drug-likeness (QED) is 0.784. The largest absolute Gasteiger partial charge is 0.389 e.